The molecule has 180 valence electrons. The Kier molecular flexibility index (Phi) is 5.60. The highest BCUT2D eigenvalue weighted by Crippen LogP contribution is 2.35. The molecule has 4 aromatic rings. The fourth-order valence-electron chi connectivity index (χ4n) is 3.98. The van der Waals surface area contributed by atoms with Gasteiger partial charge in [-0.15, -0.1) is 0 Å². The van der Waals surface area contributed by atoms with Crippen LogP contribution in [0.2, 0.25) is 5.02 Å². The minimum atomic E-state index is -4.51. The summed E-state index contributed by atoms with van der Waals surface area (Å²) in [5, 5.41) is 4.96. The van der Waals surface area contributed by atoms with Gasteiger partial charge in [0.2, 0.25) is 0 Å². The minimum Gasteiger partial charge on any atom is -0.383 e. The maximum Gasteiger partial charge on any atom is 0.417 e. The van der Waals surface area contributed by atoms with E-state index in [4.69, 9.17) is 22.1 Å². The number of carbonyl (C=O) groups is 1. The van der Waals surface area contributed by atoms with Gasteiger partial charge in [-0.3, -0.25) is 19.4 Å². The van der Waals surface area contributed by atoms with Crippen molar-refractivity contribution in [3.8, 4) is 0 Å². The summed E-state index contributed by atoms with van der Waals surface area (Å²) in [6.45, 7) is 0.561. The zero-order valence-electron chi connectivity index (χ0n) is 18.3. The van der Waals surface area contributed by atoms with E-state index >= 15 is 0 Å². The number of carbonyl (C=O) groups excluding carboxylic acids is 1. The third kappa shape index (κ3) is 4.28. The summed E-state index contributed by atoms with van der Waals surface area (Å²) in [6.07, 6.45) is -0.677. The Hall–Kier alpha value is -3.70. The standard InChI is InChI=1S/C23H18ClF3N6O2/c1-32-9-14(7-30-32)33(8-13-3-2-12(6-29-13)23(25,26)27)22(34)16-4-15-17-10-35-11-18(17)21(28)31-20(15)5-19(16)24/h2-7,9H,8,10-11H2,1H3,(H2,28,31). The summed E-state index contributed by atoms with van der Waals surface area (Å²) in [5.74, 6) is -0.124. The number of nitrogens with zero attached hydrogens (tertiary/aromatic N) is 5. The molecule has 5 rings (SSSR count). The van der Waals surface area contributed by atoms with E-state index in [0.717, 1.165) is 23.4 Å². The molecule has 35 heavy (non-hydrogen) atoms. The van der Waals surface area contributed by atoms with E-state index in [9.17, 15) is 18.0 Å². The molecule has 0 radical (unpaired) electrons. The van der Waals surface area contributed by atoms with Crippen LogP contribution in [-0.2, 0) is 37.7 Å². The van der Waals surface area contributed by atoms with Gasteiger partial charge in [-0.1, -0.05) is 11.6 Å². The summed E-state index contributed by atoms with van der Waals surface area (Å²) in [7, 11) is 1.69. The number of halogens is 4. The summed E-state index contributed by atoms with van der Waals surface area (Å²) >= 11 is 6.49. The van der Waals surface area contributed by atoms with Crippen LogP contribution >= 0.6 is 11.6 Å². The second kappa shape index (κ2) is 8.51. The van der Waals surface area contributed by atoms with Crippen molar-refractivity contribution in [3.05, 3.63) is 75.8 Å². The van der Waals surface area contributed by atoms with Crippen molar-refractivity contribution in [2.24, 2.45) is 7.05 Å². The molecule has 0 atom stereocenters. The number of nitrogens with two attached hydrogens (primary N) is 1. The van der Waals surface area contributed by atoms with E-state index in [2.05, 4.69) is 15.1 Å². The molecule has 1 aromatic carbocycles. The fourth-order valence-corrected chi connectivity index (χ4v) is 4.22. The lowest BCUT2D eigenvalue weighted by atomic mass is 10.0. The van der Waals surface area contributed by atoms with Gasteiger partial charge in [0.05, 0.1) is 59.0 Å². The maximum absolute atomic E-state index is 13.7. The lowest BCUT2D eigenvalue weighted by Gasteiger charge is -2.22. The molecular formula is C23H18ClF3N6O2. The van der Waals surface area contributed by atoms with Crippen LogP contribution in [0.5, 0.6) is 0 Å². The van der Waals surface area contributed by atoms with Crippen LogP contribution in [0, 0.1) is 0 Å². The predicted octanol–water partition coefficient (Wildman–Crippen LogP) is 4.49. The van der Waals surface area contributed by atoms with Gasteiger partial charge < -0.3 is 10.5 Å². The normalized spacial score (nSPS) is 13.3. The van der Waals surface area contributed by atoms with Gasteiger partial charge in [-0.05, 0) is 29.8 Å². The Morgan fingerprint density at radius 3 is 2.66 bits per heavy atom. The van der Waals surface area contributed by atoms with E-state index in [1.165, 1.54) is 21.8 Å². The van der Waals surface area contributed by atoms with Gasteiger partial charge in [-0.25, -0.2) is 4.98 Å². The molecule has 1 amide bonds. The molecule has 2 N–H and O–H groups in total. The molecule has 0 saturated heterocycles. The molecule has 8 nitrogen and oxygen atoms in total. The van der Waals surface area contributed by atoms with Crippen molar-refractivity contribution in [1.82, 2.24) is 19.7 Å². The Balaban J connectivity index is 1.56. The summed E-state index contributed by atoms with van der Waals surface area (Å²) in [5.41, 5.74) is 8.20. The van der Waals surface area contributed by atoms with Crippen molar-refractivity contribution < 1.29 is 22.7 Å². The molecule has 12 heteroatoms. The van der Waals surface area contributed by atoms with E-state index in [1.807, 2.05) is 0 Å². The smallest absolute Gasteiger partial charge is 0.383 e. The van der Waals surface area contributed by atoms with Gasteiger partial charge in [0.15, 0.2) is 0 Å². The Morgan fingerprint density at radius 2 is 2.00 bits per heavy atom. The molecule has 0 aliphatic carbocycles. The van der Waals surface area contributed by atoms with Crippen LogP contribution in [0.1, 0.15) is 32.7 Å². The highest BCUT2D eigenvalue weighted by atomic mass is 35.5. The summed E-state index contributed by atoms with van der Waals surface area (Å²) in [6, 6.07) is 5.37. The molecule has 3 aromatic heterocycles. The van der Waals surface area contributed by atoms with Crippen LogP contribution in [0.15, 0.2) is 42.9 Å². The van der Waals surface area contributed by atoms with Crippen LogP contribution in [0.3, 0.4) is 0 Å². The predicted molar refractivity (Wildman–Crippen MR) is 123 cm³/mol. The topological polar surface area (TPSA) is 99.2 Å². The summed E-state index contributed by atoms with van der Waals surface area (Å²) in [4.78, 5) is 23.4. The number of fused-ring (bicyclic) bond motifs is 3. The zero-order valence-corrected chi connectivity index (χ0v) is 19.1. The molecule has 1 aliphatic heterocycles. The second-order valence-electron chi connectivity index (χ2n) is 8.10. The third-order valence-electron chi connectivity index (χ3n) is 5.77. The minimum absolute atomic E-state index is 0.0990. The molecule has 0 spiro atoms. The Morgan fingerprint density at radius 1 is 1.23 bits per heavy atom. The van der Waals surface area contributed by atoms with Gasteiger partial charge in [0, 0.05) is 30.4 Å². The number of anilines is 2. The monoisotopic (exact) mass is 502 g/mol. The molecule has 0 saturated carbocycles. The average molecular weight is 503 g/mol. The first-order valence-corrected chi connectivity index (χ1v) is 10.8. The van der Waals surface area contributed by atoms with Gasteiger partial charge in [-0.2, -0.15) is 18.3 Å². The number of benzene rings is 1. The lowest BCUT2D eigenvalue weighted by molar-refractivity contribution is -0.137. The number of hydrogen-bond acceptors (Lipinski definition) is 6. The fraction of sp³-hybridized carbons (Fsp3) is 0.217. The first-order chi connectivity index (χ1) is 16.6. The SMILES string of the molecule is Cn1cc(N(Cc2ccc(C(F)(F)F)cn2)C(=O)c2cc3c4c(c(N)nc3cc2Cl)COC4)cn1. The van der Waals surface area contributed by atoms with Crippen LogP contribution in [0.4, 0.5) is 24.7 Å². The largest absolute Gasteiger partial charge is 0.417 e. The highest BCUT2D eigenvalue weighted by Gasteiger charge is 2.31. The van der Waals surface area contributed by atoms with Crippen molar-refractivity contribution in [2.75, 3.05) is 10.6 Å². The van der Waals surface area contributed by atoms with Gasteiger partial charge in [0.25, 0.3) is 5.91 Å². The third-order valence-corrected chi connectivity index (χ3v) is 6.08. The van der Waals surface area contributed by atoms with E-state index in [1.54, 1.807) is 25.4 Å². The molecule has 1 aliphatic rings. The number of nitrogen functional groups attached to an aromatic ring is 1. The highest BCUT2D eigenvalue weighted by molar-refractivity contribution is 6.35. The number of pyridine rings is 2. The number of alkyl halides is 3. The number of hydrogen-bond donors (Lipinski definition) is 1. The van der Waals surface area contributed by atoms with E-state index < -0.39 is 17.6 Å². The number of ether oxygens (including phenoxy) is 1. The first kappa shape index (κ1) is 23.1. The molecule has 0 unspecified atom stereocenters. The number of aromatic nitrogens is 4. The van der Waals surface area contributed by atoms with Crippen LogP contribution < -0.4 is 10.6 Å². The first-order valence-electron chi connectivity index (χ1n) is 10.4. The molecule has 0 fully saturated rings. The van der Waals surface area contributed by atoms with E-state index in [-0.39, 0.29) is 22.8 Å². The van der Waals surface area contributed by atoms with Gasteiger partial charge in [0.1, 0.15) is 5.82 Å². The Labute approximate surface area is 202 Å². The number of rotatable bonds is 4. The van der Waals surface area contributed by atoms with Crippen LogP contribution in [-0.4, -0.2) is 25.7 Å². The second-order valence-corrected chi connectivity index (χ2v) is 8.50. The van der Waals surface area contributed by atoms with Crippen molar-refractivity contribution in [1.29, 1.82) is 0 Å². The molecular weight excluding hydrogens is 485 g/mol. The molecule has 4 heterocycles. The van der Waals surface area contributed by atoms with Crippen molar-refractivity contribution in [3.63, 3.8) is 0 Å². The lowest BCUT2D eigenvalue weighted by Crippen LogP contribution is -2.31. The maximum atomic E-state index is 13.7. The number of aryl methyl sites for hydroxylation is 1. The van der Waals surface area contributed by atoms with Gasteiger partial charge >= 0.3 is 6.18 Å². The quantitative estimate of drug-likeness (QED) is 0.441. The Bertz CT molecular complexity index is 1450. The summed E-state index contributed by atoms with van der Waals surface area (Å²) < 4.78 is 45.8. The zero-order chi connectivity index (χ0) is 24.9. The number of amides is 1. The van der Waals surface area contributed by atoms with Crippen LogP contribution in [0.25, 0.3) is 10.9 Å². The van der Waals surface area contributed by atoms with E-state index in [0.29, 0.717) is 35.6 Å². The average Bonchev–Trinajstić information content (AvgIpc) is 3.46. The van der Waals surface area contributed by atoms with Crippen molar-refractivity contribution >= 4 is 39.9 Å². The molecule has 0 bridgehead atoms. The van der Waals surface area contributed by atoms with Crippen molar-refractivity contribution in [2.45, 2.75) is 25.9 Å².